The van der Waals surface area contributed by atoms with Crippen molar-refractivity contribution in [3.8, 4) is 0 Å². The molecule has 5 N–H and O–H groups in total. The number of amides is 2. The predicted octanol–water partition coefficient (Wildman–Crippen LogP) is -0.107. The summed E-state index contributed by atoms with van der Waals surface area (Å²) in [6, 6.07) is 15.9. The molecule has 0 aromatic heterocycles. The van der Waals surface area contributed by atoms with E-state index in [4.69, 9.17) is 10.5 Å². The van der Waals surface area contributed by atoms with Crippen LogP contribution in [0, 0.1) is 0 Å². The zero-order chi connectivity index (χ0) is 21.1. The lowest BCUT2D eigenvalue weighted by atomic mass is 10.0. The number of aliphatic hydroxyl groups excluding tert-OH is 1. The number of aliphatic hydroxyl groups is 1. The molecule has 154 valence electrons. The second kappa shape index (κ2) is 11.6. The van der Waals surface area contributed by atoms with E-state index in [1.54, 1.807) is 12.1 Å². The van der Waals surface area contributed by atoms with Crippen molar-refractivity contribution < 1.29 is 24.2 Å². The fourth-order valence-electron chi connectivity index (χ4n) is 2.59. The Morgan fingerprint density at radius 2 is 1.48 bits per heavy atom. The van der Waals surface area contributed by atoms with Crippen molar-refractivity contribution in [3.63, 3.8) is 0 Å². The van der Waals surface area contributed by atoms with E-state index in [1.807, 2.05) is 48.5 Å². The molecule has 0 aliphatic rings. The highest BCUT2D eigenvalue weighted by molar-refractivity contribution is 5.91. The zero-order valence-electron chi connectivity index (χ0n) is 15.9. The van der Waals surface area contributed by atoms with Crippen LogP contribution in [0.1, 0.15) is 11.1 Å². The fourth-order valence-corrected chi connectivity index (χ4v) is 2.59. The Morgan fingerprint density at radius 3 is 2.03 bits per heavy atom. The molecule has 0 heterocycles. The molecule has 0 aliphatic carbocycles. The summed E-state index contributed by atoms with van der Waals surface area (Å²) < 4.78 is 5.16. The Hall–Kier alpha value is -3.23. The molecule has 0 bridgehead atoms. The first-order valence-electron chi connectivity index (χ1n) is 9.18. The summed E-state index contributed by atoms with van der Waals surface area (Å²) in [5.74, 6) is -1.90. The normalized spacial score (nSPS) is 12.5. The Kier molecular flexibility index (Phi) is 8.81. The molecule has 0 fully saturated rings. The Bertz CT molecular complexity index is 798. The van der Waals surface area contributed by atoms with Gasteiger partial charge in [-0.3, -0.25) is 9.59 Å². The highest BCUT2D eigenvalue weighted by atomic mass is 16.5. The second-order valence-corrected chi connectivity index (χ2v) is 6.35. The number of rotatable bonds is 10. The van der Waals surface area contributed by atoms with Gasteiger partial charge in [0, 0.05) is 6.42 Å². The second-order valence-electron chi connectivity index (χ2n) is 6.35. The van der Waals surface area contributed by atoms with E-state index in [0.29, 0.717) is 0 Å². The number of nitrogens with two attached hydrogens (primary N) is 1. The van der Waals surface area contributed by atoms with Crippen LogP contribution in [0.3, 0.4) is 0 Å². The van der Waals surface area contributed by atoms with Crippen LogP contribution in [-0.4, -0.2) is 48.1 Å². The summed E-state index contributed by atoms with van der Waals surface area (Å²) in [5, 5.41) is 14.5. The van der Waals surface area contributed by atoms with Crippen molar-refractivity contribution in [2.75, 3.05) is 13.2 Å². The first-order chi connectivity index (χ1) is 14.0. The van der Waals surface area contributed by atoms with E-state index in [9.17, 15) is 19.5 Å². The van der Waals surface area contributed by atoms with Crippen LogP contribution in [0.5, 0.6) is 0 Å². The number of hydrogen-bond acceptors (Lipinski definition) is 6. The molecular weight excluding hydrogens is 374 g/mol. The topological polar surface area (TPSA) is 131 Å². The molecule has 8 heteroatoms. The molecule has 8 nitrogen and oxygen atoms in total. The third kappa shape index (κ3) is 7.36. The molecule has 29 heavy (non-hydrogen) atoms. The highest BCUT2D eigenvalue weighted by Gasteiger charge is 2.27. The van der Waals surface area contributed by atoms with Crippen molar-refractivity contribution >= 4 is 17.8 Å². The first-order valence-corrected chi connectivity index (χ1v) is 9.18. The van der Waals surface area contributed by atoms with Crippen molar-refractivity contribution in [1.29, 1.82) is 0 Å². The molecule has 0 unspecified atom stereocenters. The third-order valence-corrected chi connectivity index (χ3v) is 4.13. The van der Waals surface area contributed by atoms with Gasteiger partial charge in [-0.25, -0.2) is 4.79 Å². The molecule has 0 saturated heterocycles. The fraction of sp³-hybridized carbons (Fsp3) is 0.286. The summed E-state index contributed by atoms with van der Waals surface area (Å²) in [5.41, 5.74) is 6.92. The molecule has 0 saturated carbocycles. The van der Waals surface area contributed by atoms with Gasteiger partial charge in [0.05, 0.1) is 13.2 Å². The smallest absolute Gasteiger partial charge is 0.331 e. The number of carbonyl (C=O) groups excluding carboxylic acids is 3. The van der Waals surface area contributed by atoms with Crippen LogP contribution in [0.2, 0.25) is 0 Å². The van der Waals surface area contributed by atoms with Crippen LogP contribution in [-0.2, 0) is 32.1 Å². The van der Waals surface area contributed by atoms with Crippen molar-refractivity contribution in [1.82, 2.24) is 10.6 Å². The lowest BCUT2D eigenvalue weighted by molar-refractivity contribution is -0.150. The first kappa shape index (κ1) is 22.1. The summed E-state index contributed by atoms with van der Waals surface area (Å²) in [6.45, 7) is -0.896. The summed E-state index contributed by atoms with van der Waals surface area (Å²) in [4.78, 5) is 36.6. The number of carbonyl (C=O) groups is 3. The van der Waals surface area contributed by atoms with E-state index >= 15 is 0 Å². The van der Waals surface area contributed by atoms with Crippen LogP contribution < -0.4 is 16.4 Å². The maximum atomic E-state index is 12.7. The monoisotopic (exact) mass is 399 g/mol. The lowest BCUT2D eigenvalue weighted by Gasteiger charge is -2.21. The molecule has 2 amide bonds. The average molecular weight is 399 g/mol. The maximum Gasteiger partial charge on any atom is 0.331 e. The van der Waals surface area contributed by atoms with Gasteiger partial charge in [-0.1, -0.05) is 60.7 Å². The van der Waals surface area contributed by atoms with Gasteiger partial charge in [-0.05, 0) is 11.1 Å². The minimum absolute atomic E-state index is 0.0173. The summed E-state index contributed by atoms with van der Waals surface area (Å²) in [7, 11) is 0. The van der Waals surface area contributed by atoms with Crippen molar-refractivity contribution in [2.24, 2.45) is 5.73 Å². The van der Waals surface area contributed by atoms with Crippen molar-refractivity contribution in [2.45, 2.75) is 25.1 Å². The minimum Gasteiger partial charge on any atom is -0.459 e. The maximum absolute atomic E-state index is 12.7. The van der Waals surface area contributed by atoms with Gasteiger partial charge in [-0.2, -0.15) is 0 Å². The Balaban J connectivity index is 2.00. The number of benzene rings is 2. The average Bonchev–Trinajstić information content (AvgIpc) is 2.76. The molecule has 2 rings (SSSR count). The summed E-state index contributed by atoms with van der Waals surface area (Å²) >= 11 is 0. The molecule has 2 atom stereocenters. The van der Waals surface area contributed by atoms with Crippen LogP contribution in [0.25, 0.3) is 0 Å². The van der Waals surface area contributed by atoms with Gasteiger partial charge < -0.3 is 26.2 Å². The third-order valence-electron chi connectivity index (χ3n) is 4.13. The molecule has 0 aliphatic heterocycles. The van der Waals surface area contributed by atoms with E-state index in [2.05, 4.69) is 10.6 Å². The van der Waals surface area contributed by atoms with Gasteiger partial charge in [-0.15, -0.1) is 0 Å². The molecule has 0 spiro atoms. The van der Waals surface area contributed by atoms with Gasteiger partial charge in [0.25, 0.3) is 0 Å². The molecule has 2 aromatic rings. The van der Waals surface area contributed by atoms with E-state index in [0.717, 1.165) is 11.1 Å². The number of esters is 1. The largest absolute Gasteiger partial charge is 0.459 e. The van der Waals surface area contributed by atoms with Gasteiger partial charge >= 0.3 is 5.97 Å². The number of ether oxygens (including phenoxy) is 1. The van der Waals surface area contributed by atoms with Gasteiger partial charge in [0.2, 0.25) is 11.8 Å². The molecule has 0 radical (unpaired) electrons. The Labute approximate surface area is 169 Å². The SMILES string of the molecule is NCC(=O)N[C@@H](Cc1ccccc1)C(=O)N[C@@H](CO)C(=O)OCc1ccccc1. The van der Waals surface area contributed by atoms with Crippen molar-refractivity contribution in [3.05, 3.63) is 71.8 Å². The number of hydrogen-bond donors (Lipinski definition) is 4. The molecule has 2 aromatic carbocycles. The van der Waals surface area contributed by atoms with Gasteiger partial charge in [0.1, 0.15) is 12.6 Å². The lowest BCUT2D eigenvalue weighted by Crippen LogP contribution is -2.54. The van der Waals surface area contributed by atoms with E-state index in [-0.39, 0.29) is 19.6 Å². The summed E-state index contributed by atoms with van der Waals surface area (Å²) in [6.07, 6.45) is 0.204. The van der Waals surface area contributed by atoms with Gasteiger partial charge in [0.15, 0.2) is 6.04 Å². The minimum atomic E-state index is -1.25. The van der Waals surface area contributed by atoms with E-state index < -0.39 is 36.5 Å². The number of nitrogens with one attached hydrogen (secondary N) is 2. The quantitative estimate of drug-likeness (QED) is 0.413. The predicted molar refractivity (Wildman–Crippen MR) is 106 cm³/mol. The zero-order valence-corrected chi connectivity index (χ0v) is 15.9. The standard InChI is InChI=1S/C21H25N3O5/c22-12-19(26)23-17(11-15-7-3-1-4-8-15)20(27)24-18(13-25)21(28)29-14-16-9-5-2-6-10-16/h1-10,17-18,25H,11-14,22H2,(H,23,26)(H,24,27)/t17-,18-/m0/s1. The van der Waals surface area contributed by atoms with Crippen LogP contribution in [0.4, 0.5) is 0 Å². The van der Waals surface area contributed by atoms with Crippen LogP contribution in [0.15, 0.2) is 60.7 Å². The molecular formula is C21H25N3O5. The van der Waals surface area contributed by atoms with Crippen LogP contribution >= 0.6 is 0 Å². The highest BCUT2D eigenvalue weighted by Crippen LogP contribution is 2.05. The van der Waals surface area contributed by atoms with E-state index in [1.165, 1.54) is 0 Å². The Morgan fingerprint density at radius 1 is 0.897 bits per heavy atom.